The van der Waals surface area contributed by atoms with Crippen LogP contribution in [-0.4, -0.2) is 107 Å². The van der Waals surface area contributed by atoms with Crippen molar-refractivity contribution in [3.05, 3.63) is 75.3 Å². The lowest BCUT2D eigenvalue weighted by Gasteiger charge is -2.64. The largest absolute Gasteiger partial charge is 0.495 e. The van der Waals surface area contributed by atoms with Crippen molar-refractivity contribution in [3.63, 3.8) is 0 Å². The number of imide groups is 1. The molecular weight excluding hydrogens is 869 g/mol. The first-order chi connectivity index (χ1) is 30.6. The summed E-state index contributed by atoms with van der Waals surface area (Å²) < 4.78 is 56.2. The second-order valence-electron chi connectivity index (χ2n) is 18.6. The summed E-state index contributed by atoms with van der Waals surface area (Å²) in [5, 5.41) is 19.4. The number of methoxy groups -OCH3 is 1. The van der Waals surface area contributed by atoms with Crippen LogP contribution >= 0.6 is 11.3 Å². The molecule has 1 aromatic heterocycles. The second-order valence-corrected chi connectivity index (χ2v) is 19.4. The number of hydrogen-bond donors (Lipinski definition) is 4. The molecule has 348 valence electrons. The number of carboxylic acids is 1. The number of rotatable bonds is 13. The van der Waals surface area contributed by atoms with Gasteiger partial charge in [-0.3, -0.25) is 24.6 Å². The molecule has 2 unspecified atom stereocenters. The summed E-state index contributed by atoms with van der Waals surface area (Å²) in [7, 11) is -0.132. The number of carboxylic acid groups (broad SMARTS) is 1. The van der Waals surface area contributed by atoms with Gasteiger partial charge in [0.05, 0.1) is 30.4 Å². The number of halogens is 2. The minimum atomic E-state index is -1.79. The molecule has 8 rings (SSSR count). The van der Waals surface area contributed by atoms with E-state index in [-0.39, 0.29) is 59.5 Å². The van der Waals surface area contributed by atoms with E-state index in [0.717, 1.165) is 30.4 Å². The van der Waals surface area contributed by atoms with E-state index in [0.29, 0.717) is 17.2 Å². The zero-order valence-electron chi connectivity index (χ0n) is 37.4. The van der Waals surface area contributed by atoms with Crippen molar-refractivity contribution in [2.45, 2.75) is 103 Å². The van der Waals surface area contributed by atoms with Gasteiger partial charge in [0, 0.05) is 36.1 Å². The summed E-state index contributed by atoms with van der Waals surface area (Å²) in [5.41, 5.74) is -2.79. The molecule has 65 heavy (non-hydrogen) atoms. The van der Waals surface area contributed by atoms with Crippen molar-refractivity contribution in [1.82, 2.24) is 25.4 Å². The van der Waals surface area contributed by atoms with Crippen molar-refractivity contribution in [2.75, 3.05) is 32.1 Å². The molecule has 3 saturated carbocycles. The Hall–Kier alpha value is -5.67. The lowest BCUT2D eigenvalue weighted by Crippen LogP contribution is -2.65. The summed E-state index contributed by atoms with van der Waals surface area (Å²) in [6, 6.07) is 6.10. The Morgan fingerprint density at radius 2 is 1.75 bits per heavy atom. The van der Waals surface area contributed by atoms with Gasteiger partial charge in [-0.2, -0.15) is 0 Å². The van der Waals surface area contributed by atoms with E-state index in [4.69, 9.17) is 18.8 Å². The highest BCUT2D eigenvalue weighted by Gasteiger charge is 2.68. The molecular formula is C44H53BF2N6O11S. The number of urea groups is 1. The average molecular weight is 923 g/mol. The summed E-state index contributed by atoms with van der Waals surface area (Å²) in [4.78, 5) is 86.5. The Morgan fingerprint density at radius 3 is 2.38 bits per heavy atom. The van der Waals surface area contributed by atoms with Crippen LogP contribution in [0, 0.1) is 28.9 Å². The van der Waals surface area contributed by atoms with Gasteiger partial charge in [-0.25, -0.2) is 28.1 Å². The molecule has 5 aliphatic rings. The molecule has 0 spiro atoms. The van der Waals surface area contributed by atoms with Crippen molar-refractivity contribution in [1.29, 1.82) is 0 Å². The predicted molar refractivity (Wildman–Crippen MR) is 232 cm³/mol. The number of aromatic nitrogens is 1. The summed E-state index contributed by atoms with van der Waals surface area (Å²) in [6.07, 6.45) is -0.196. The summed E-state index contributed by atoms with van der Waals surface area (Å²) >= 11 is 0.899. The van der Waals surface area contributed by atoms with Gasteiger partial charge in [0.1, 0.15) is 17.9 Å². The topological polar surface area (TPSA) is 215 Å². The zero-order valence-corrected chi connectivity index (χ0v) is 38.2. The molecule has 0 radical (unpaired) electrons. The number of thiazole rings is 1. The first-order valence-corrected chi connectivity index (χ1v) is 22.3. The fraction of sp³-hybridized carbons (Fsp3) is 0.523. The lowest BCUT2D eigenvalue weighted by molar-refractivity contribution is -0.199. The van der Waals surface area contributed by atoms with Crippen molar-refractivity contribution >= 4 is 59.4 Å². The van der Waals surface area contributed by atoms with Gasteiger partial charge in [0.15, 0.2) is 22.8 Å². The molecule has 2 bridgehead atoms. The van der Waals surface area contributed by atoms with Crippen LogP contribution in [-0.2, 0) is 46.9 Å². The molecule has 2 aliphatic heterocycles. The number of piperazine rings is 1. The van der Waals surface area contributed by atoms with Gasteiger partial charge in [0.2, 0.25) is 5.91 Å². The molecule has 4 N–H and O–H groups in total. The fourth-order valence-electron chi connectivity index (χ4n) is 9.85. The molecule has 2 saturated heterocycles. The Morgan fingerprint density at radius 1 is 1.05 bits per heavy atom. The number of nitrogens with one attached hydrogen (secondary N) is 3. The molecule has 6 atom stereocenters. The molecule has 3 aromatic rings. The number of likely N-dealkylation sites (N-methyl/N-ethyl adjacent to an activating group) is 1. The predicted octanol–water partition coefficient (Wildman–Crippen LogP) is 5.61. The molecule has 3 aliphatic carbocycles. The molecule has 5 fully saturated rings. The van der Waals surface area contributed by atoms with E-state index >= 15 is 8.78 Å². The van der Waals surface area contributed by atoms with Crippen LogP contribution < -0.4 is 20.7 Å². The van der Waals surface area contributed by atoms with Crippen molar-refractivity contribution in [2.24, 2.45) is 17.3 Å². The van der Waals surface area contributed by atoms with Gasteiger partial charge in [-0.1, -0.05) is 65.0 Å². The minimum Gasteiger partial charge on any atom is -0.495 e. The number of aromatic carboxylic acids is 1. The smallest absolute Gasteiger partial charge is 0.482 e. The Balaban J connectivity index is 1.26. The van der Waals surface area contributed by atoms with Crippen molar-refractivity contribution < 1.29 is 61.4 Å². The summed E-state index contributed by atoms with van der Waals surface area (Å²) in [6.45, 7) is 12.8. The first kappa shape index (κ1) is 47.3. The Bertz CT molecular complexity index is 2400. The van der Waals surface area contributed by atoms with E-state index in [9.17, 15) is 33.9 Å². The highest BCUT2D eigenvalue weighted by atomic mass is 32.1. The van der Waals surface area contributed by atoms with Crippen LogP contribution in [0.15, 0.2) is 35.7 Å². The third kappa shape index (κ3) is 8.89. The van der Waals surface area contributed by atoms with E-state index in [1.807, 2.05) is 13.0 Å². The number of nitrogens with zero attached hydrogens (tertiary/aromatic N) is 3. The van der Waals surface area contributed by atoms with Crippen LogP contribution in [0.3, 0.4) is 0 Å². The van der Waals surface area contributed by atoms with E-state index in [1.54, 1.807) is 52.0 Å². The number of carbonyl (C=O) groups is 6. The molecule has 3 heterocycles. The number of carbonyl (C=O) groups excluding carboxylic acids is 5. The van der Waals surface area contributed by atoms with E-state index in [1.165, 1.54) is 10.3 Å². The van der Waals surface area contributed by atoms with Crippen LogP contribution in [0.25, 0.3) is 0 Å². The normalized spacial score (nSPS) is 23.2. The Labute approximate surface area is 379 Å². The lowest BCUT2D eigenvalue weighted by atomic mass is 9.43. The Kier molecular flexibility index (Phi) is 13.1. The van der Waals surface area contributed by atoms with Crippen molar-refractivity contribution in [3.8, 4) is 5.75 Å². The monoisotopic (exact) mass is 922 g/mol. The SMILES string of the molecule is CCN1CCN(C(=O)NC(C(=O)NC(Cc2c(OC)c(C(=O)O)c(F)c(F)c2C(C)(C)C)B2O[C@@H]3C[C@@H]4C[C@@H](C4(C)C)[C@]3(C)O2)c2csc(NC(=O)OCc3ccccc3)n2)C(=O)C1=O. The number of hydrogen-bond acceptors (Lipinski definition) is 12. The zero-order chi connectivity index (χ0) is 47.3. The van der Waals surface area contributed by atoms with Gasteiger partial charge in [0.25, 0.3) is 0 Å². The van der Waals surface area contributed by atoms with Gasteiger partial charge in [-0.15, -0.1) is 11.3 Å². The molecule has 6 amide bonds. The standard InChI is InChI=1S/C44H53BF2N6O11S/c1-9-52-15-16-53(37(56)36(52)55)40(59)50-33(25-21-65-39(48-25)51-41(60)62-20-22-13-11-10-12-14-22)35(54)49-28(45-63-27-18-23-17-26(43(23,5)6)44(27,7)64-45)19-24-30(42(2,3)4)32(47)31(46)29(38(57)58)34(24)61-8/h10-14,21,23,26-28,33H,9,15-20H2,1-8H3,(H,49,54)(H,50,59)(H,57,58)(H,48,51,60)/t23-,26-,27+,28?,33?,44-/m0/s1. The van der Waals surface area contributed by atoms with Gasteiger partial charge >= 0.3 is 37.0 Å². The first-order valence-electron chi connectivity index (χ1n) is 21.4. The average Bonchev–Trinajstić information content (AvgIpc) is 3.87. The molecule has 2 aromatic carbocycles. The quantitative estimate of drug-likeness (QED) is 0.122. The van der Waals surface area contributed by atoms with Crippen LogP contribution in [0.5, 0.6) is 5.75 Å². The van der Waals surface area contributed by atoms with Gasteiger partial charge < -0.3 is 39.4 Å². The van der Waals surface area contributed by atoms with Crippen LogP contribution in [0.2, 0.25) is 0 Å². The molecule has 21 heteroatoms. The maximum absolute atomic E-state index is 16.2. The fourth-order valence-corrected chi connectivity index (χ4v) is 10.6. The summed E-state index contributed by atoms with van der Waals surface area (Å²) in [5.74, 6) is -9.19. The van der Waals surface area contributed by atoms with Gasteiger partial charge in [-0.05, 0) is 61.3 Å². The highest BCUT2D eigenvalue weighted by Crippen LogP contribution is 2.66. The highest BCUT2D eigenvalue weighted by molar-refractivity contribution is 7.13. The third-order valence-corrected chi connectivity index (χ3v) is 14.1. The second kappa shape index (κ2) is 18.0. The maximum Gasteiger partial charge on any atom is 0.482 e. The number of benzene rings is 2. The van der Waals surface area contributed by atoms with E-state index < -0.39 is 101 Å². The van der Waals surface area contributed by atoms with Crippen LogP contribution in [0.4, 0.5) is 23.5 Å². The third-order valence-electron chi connectivity index (χ3n) is 13.4. The molecule has 17 nitrogen and oxygen atoms in total. The minimum absolute atomic E-state index is 0.0203. The number of ether oxygens (including phenoxy) is 2. The van der Waals surface area contributed by atoms with E-state index in [2.05, 4.69) is 34.8 Å². The number of anilines is 1. The maximum atomic E-state index is 16.2. The van der Waals surface area contributed by atoms with Crippen LogP contribution in [0.1, 0.15) is 100 Å². The number of amides is 6.